The van der Waals surface area contributed by atoms with Gasteiger partial charge in [0.1, 0.15) is 0 Å². The minimum Gasteiger partial charge on any atom is -0.478 e. The molecule has 0 aliphatic heterocycles. The van der Waals surface area contributed by atoms with Gasteiger partial charge in [-0.05, 0) is 25.1 Å². The Hall–Kier alpha value is -1.50. The molecule has 4 N–H and O–H groups in total. The Labute approximate surface area is 105 Å². The second-order valence-corrected chi connectivity index (χ2v) is 3.97. The maximum absolute atomic E-state index is 10.7. The van der Waals surface area contributed by atoms with Gasteiger partial charge < -0.3 is 20.6 Å². The molecule has 0 bridgehead atoms. The fourth-order valence-electron chi connectivity index (χ4n) is 1.45. The van der Waals surface area contributed by atoms with E-state index in [-0.39, 0.29) is 12.2 Å². The average Bonchev–Trinajstić information content (AvgIpc) is 2.38. The number of aliphatic hydroxyl groups excluding tert-OH is 2. The summed E-state index contributed by atoms with van der Waals surface area (Å²) < 4.78 is 0. The molecule has 0 fully saturated rings. The van der Waals surface area contributed by atoms with Crippen LogP contribution in [0.15, 0.2) is 18.3 Å². The lowest BCUT2D eigenvalue weighted by molar-refractivity contribution is 0.0696. The highest BCUT2D eigenvalue weighted by molar-refractivity contribution is 5.87. The van der Waals surface area contributed by atoms with Crippen molar-refractivity contribution < 1.29 is 20.1 Å². The zero-order valence-electron chi connectivity index (χ0n) is 10.0. The molecule has 18 heavy (non-hydrogen) atoms. The maximum atomic E-state index is 10.7. The topological polar surface area (TPSA) is 103 Å². The van der Waals surface area contributed by atoms with E-state index in [9.17, 15) is 4.79 Å². The van der Waals surface area contributed by atoms with E-state index in [0.29, 0.717) is 31.6 Å². The van der Waals surface area contributed by atoms with Crippen molar-refractivity contribution in [3.05, 3.63) is 29.6 Å². The number of carboxylic acid groups (broad SMARTS) is 1. The Bertz CT molecular complexity index is 384. The van der Waals surface area contributed by atoms with Crippen molar-refractivity contribution >= 4 is 5.97 Å². The van der Waals surface area contributed by atoms with Crippen LogP contribution in [0.3, 0.4) is 0 Å². The van der Waals surface area contributed by atoms with Gasteiger partial charge in [0.2, 0.25) is 0 Å². The van der Waals surface area contributed by atoms with E-state index in [2.05, 4.69) is 10.3 Å². The number of aliphatic hydroxyl groups is 2. The van der Waals surface area contributed by atoms with Gasteiger partial charge in [0, 0.05) is 24.9 Å². The molecule has 0 aliphatic carbocycles. The molecule has 1 atom stereocenters. The van der Waals surface area contributed by atoms with Crippen LogP contribution in [0.5, 0.6) is 0 Å². The normalized spacial score (nSPS) is 12.3. The van der Waals surface area contributed by atoms with Crippen molar-refractivity contribution in [2.45, 2.75) is 18.9 Å². The third-order valence-corrected chi connectivity index (χ3v) is 2.49. The molecule has 6 heteroatoms. The zero-order chi connectivity index (χ0) is 13.4. The van der Waals surface area contributed by atoms with Gasteiger partial charge in [-0.1, -0.05) is 0 Å². The minimum absolute atomic E-state index is 0.232. The molecule has 1 aromatic rings. The highest BCUT2D eigenvalue weighted by Gasteiger charge is 2.04. The van der Waals surface area contributed by atoms with Gasteiger partial charge in [-0.25, -0.2) is 4.79 Å². The number of pyridine rings is 1. The van der Waals surface area contributed by atoms with Crippen molar-refractivity contribution in [2.24, 2.45) is 0 Å². The molecule has 1 heterocycles. The number of rotatable bonds is 8. The van der Waals surface area contributed by atoms with E-state index < -0.39 is 12.1 Å². The second-order valence-electron chi connectivity index (χ2n) is 3.97. The molecule has 1 aromatic heterocycles. The van der Waals surface area contributed by atoms with E-state index in [1.54, 1.807) is 6.07 Å². The highest BCUT2D eigenvalue weighted by atomic mass is 16.4. The Kier molecular flexibility index (Phi) is 6.27. The van der Waals surface area contributed by atoms with Crippen molar-refractivity contribution in [3.8, 4) is 0 Å². The molecule has 0 radical (unpaired) electrons. The first-order valence-electron chi connectivity index (χ1n) is 5.81. The molecule has 0 aliphatic rings. The summed E-state index contributed by atoms with van der Waals surface area (Å²) in [6.07, 6.45) is 1.90. The van der Waals surface area contributed by atoms with Gasteiger partial charge in [0.05, 0.1) is 18.3 Å². The zero-order valence-corrected chi connectivity index (χ0v) is 10.0. The smallest absolute Gasteiger partial charge is 0.335 e. The molecular formula is C12H18N2O4. The Balaban J connectivity index is 2.27. The summed E-state index contributed by atoms with van der Waals surface area (Å²) in [6.45, 7) is 1.01. The Morgan fingerprint density at radius 3 is 2.89 bits per heavy atom. The van der Waals surface area contributed by atoms with E-state index in [1.165, 1.54) is 12.3 Å². The summed E-state index contributed by atoms with van der Waals surface area (Å²) in [6, 6.07) is 3.00. The number of nitrogens with one attached hydrogen (secondary N) is 1. The van der Waals surface area contributed by atoms with Crippen LogP contribution >= 0.6 is 0 Å². The second kappa shape index (κ2) is 7.75. The van der Waals surface area contributed by atoms with Gasteiger partial charge in [0.15, 0.2) is 0 Å². The number of aromatic carboxylic acids is 1. The van der Waals surface area contributed by atoms with Crippen LogP contribution in [0, 0.1) is 0 Å². The first kappa shape index (κ1) is 14.6. The van der Waals surface area contributed by atoms with Crippen molar-refractivity contribution in [3.63, 3.8) is 0 Å². The highest BCUT2D eigenvalue weighted by Crippen LogP contribution is 2.02. The summed E-state index contributed by atoms with van der Waals surface area (Å²) in [7, 11) is 0. The lowest BCUT2D eigenvalue weighted by atomic mass is 10.2. The molecular weight excluding hydrogens is 236 g/mol. The fraction of sp³-hybridized carbons (Fsp3) is 0.500. The quantitative estimate of drug-likeness (QED) is 0.473. The molecule has 1 unspecified atom stereocenters. The summed E-state index contributed by atoms with van der Waals surface area (Å²) in [4.78, 5) is 14.8. The Morgan fingerprint density at radius 2 is 2.22 bits per heavy atom. The van der Waals surface area contributed by atoms with Crippen LogP contribution in [-0.2, 0) is 6.42 Å². The number of nitrogens with zero attached hydrogens (tertiary/aromatic N) is 1. The number of carbonyl (C=O) groups is 1. The number of hydrogen-bond acceptors (Lipinski definition) is 5. The summed E-state index contributed by atoms with van der Waals surface area (Å²) in [5, 5.41) is 29.6. The maximum Gasteiger partial charge on any atom is 0.335 e. The van der Waals surface area contributed by atoms with Crippen LogP contribution < -0.4 is 5.32 Å². The van der Waals surface area contributed by atoms with Crippen LogP contribution in [0.1, 0.15) is 22.5 Å². The molecule has 0 amide bonds. The molecule has 0 spiro atoms. The van der Waals surface area contributed by atoms with E-state index in [1.807, 2.05) is 0 Å². The lowest BCUT2D eigenvalue weighted by Gasteiger charge is -2.08. The van der Waals surface area contributed by atoms with Crippen LogP contribution in [0.4, 0.5) is 0 Å². The van der Waals surface area contributed by atoms with Crippen molar-refractivity contribution in [2.75, 3.05) is 19.7 Å². The van der Waals surface area contributed by atoms with Gasteiger partial charge in [0.25, 0.3) is 0 Å². The van der Waals surface area contributed by atoms with Gasteiger partial charge in [-0.15, -0.1) is 0 Å². The average molecular weight is 254 g/mol. The summed E-state index contributed by atoms with van der Waals surface area (Å²) in [5.41, 5.74) is 0.945. The standard InChI is InChI=1S/C12H18N2O4/c15-8-11(16)3-5-13-4-2-10-7-9(12(17)18)1-6-14-10/h1,6-7,11,13,15-16H,2-5,8H2,(H,17,18). The number of carboxylic acids is 1. The lowest BCUT2D eigenvalue weighted by Crippen LogP contribution is -2.24. The Morgan fingerprint density at radius 1 is 1.44 bits per heavy atom. The largest absolute Gasteiger partial charge is 0.478 e. The third-order valence-electron chi connectivity index (χ3n) is 2.49. The summed E-state index contributed by atoms with van der Waals surface area (Å²) >= 11 is 0. The van der Waals surface area contributed by atoms with Gasteiger partial charge in [-0.3, -0.25) is 4.98 Å². The van der Waals surface area contributed by atoms with Gasteiger partial charge in [-0.2, -0.15) is 0 Å². The SMILES string of the molecule is O=C(O)c1ccnc(CCNCCC(O)CO)c1. The summed E-state index contributed by atoms with van der Waals surface area (Å²) in [5.74, 6) is -0.960. The van der Waals surface area contributed by atoms with E-state index in [4.69, 9.17) is 15.3 Å². The van der Waals surface area contributed by atoms with E-state index in [0.717, 1.165) is 0 Å². The molecule has 0 saturated heterocycles. The molecule has 1 rings (SSSR count). The molecule has 0 aromatic carbocycles. The predicted octanol–water partition coefficient (Wildman–Crippen LogP) is -0.345. The minimum atomic E-state index is -0.960. The monoisotopic (exact) mass is 254 g/mol. The van der Waals surface area contributed by atoms with Crippen LogP contribution in [0.25, 0.3) is 0 Å². The number of hydrogen-bond donors (Lipinski definition) is 4. The van der Waals surface area contributed by atoms with Gasteiger partial charge >= 0.3 is 5.97 Å². The molecule has 6 nitrogen and oxygen atoms in total. The first-order chi connectivity index (χ1) is 8.63. The predicted molar refractivity (Wildman–Crippen MR) is 65.5 cm³/mol. The first-order valence-corrected chi connectivity index (χ1v) is 5.81. The van der Waals surface area contributed by atoms with Crippen LogP contribution in [0.2, 0.25) is 0 Å². The number of aromatic nitrogens is 1. The van der Waals surface area contributed by atoms with Crippen LogP contribution in [-0.4, -0.2) is 52.1 Å². The molecule has 100 valence electrons. The fourth-order valence-corrected chi connectivity index (χ4v) is 1.45. The third kappa shape index (κ3) is 5.22. The van der Waals surface area contributed by atoms with Crippen molar-refractivity contribution in [1.29, 1.82) is 0 Å². The molecule has 0 saturated carbocycles. The van der Waals surface area contributed by atoms with Crippen molar-refractivity contribution in [1.82, 2.24) is 10.3 Å². The van der Waals surface area contributed by atoms with E-state index >= 15 is 0 Å².